The molecule has 0 aliphatic carbocycles. The fourth-order valence-electron chi connectivity index (χ4n) is 4.49. The Morgan fingerprint density at radius 1 is 0.741 bits per heavy atom. The first kappa shape index (κ1) is 43.2. The van der Waals surface area contributed by atoms with Gasteiger partial charge in [0.15, 0.2) is 23.2 Å². The van der Waals surface area contributed by atoms with Crippen LogP contribution < -0.4 is 31.3 Å². The van der Waals surface area contributed by atoms with Gasteiger partial charge in [0.1, 0.15) is 6.61 Å². The van der Waals surface area contributed by atoms with Gasteiger partial charge in [0.25, 0.3) is 0 Å². The van der Waals surface area contributed by atoms with Crippen LogP contribution in [-0.2, 0) is 33.3 Å². The Labute approximate surface area is 313 Å². The zero-order chi connectivity index (χ0) is 38.8. The summed E-state index contributed by atoms with van der Waals surface area (Å²) in [4.78, 5) is 43.6. The van der Waals surface area contributed by atoms with Gasteiger partial charge in [-0.05, 0) is 56.2 Å². The minimum absolute atomic E-state index is 0.00419. The molecule has 3 rings (SSSR count). The van der Waals surface area contributed by atoms with Crippen LogP contribution in [0.25, 0.3) is 0 Å². The first-order valence-corrected chi connectivity index (χ1v) is 17.6. The average Bonchev–Trinajstić information content (AvgIpc) is 3.15. The lowest BCUT2D eigenvalue weighted by atomic mass is 10.2. The number of carbonyl (C=O) groups is 3. The second kappa shape index (κ2) is 25.7. The Morgan fingerprint density at radius 3 is 2.15 bits per heavy atom. The number of amides is 3. The molecule has 0 unspecified atom stereocenters. The minimum atomic E-state index is -0.724. The fraction of sp³-hybridized carbons (Fsp3) is 0.432. The highest BCUT2D eigenvalue weighted by molar-refractivity contribution is 5.99. The molecule has 17 heteroatoms. The van der Waals surface area contributed by atoms with Gasteiger partial charge in [-0.15, -0.1) is 0 Å². The summed E-state index contributed by atoms with van der Waals surface area (Å²) < 4.78 is 56.1. The van der Waals surface area contributed by atoms with Gasteiger partial charge in [0.05, 0.1) is 45.8 Å². The van der Waals surface area contributed by atoms with Crippen LogP contribution in [-0.4, -0.2) is 100 Å². The Balaban J connectivity index is 1.24. The lowest BCUT2D eigenvalue weighted by Gasteiger charge is -2.12. The molecule has 15 nitrogen and oxygen atoms in total. The molecule has 5 N–H and O–H groups in total. The summed E-state index contributed by atoms with van der Waals surface area (Å²) in [7, 11) is 0. The zero-order valence-corrected chi connectivity index (χ0v) is 30.4. The third-order valence-electron chi connectivity index (χ3n) is 7.11. The molecule has 3 aromatic rings. The summed E-state index contributed by atoms with van der Waals surface area (Å²) in [6, 6.07) is 10.7. The van der Waals surface area contributed by atoms with E-state index in [4.69, 9.17) is 23.7 Å². The molecular weight excluding hydrogens is 708 g/mol. The smallest absolute Gasteiger partial charge is 0.247 e. The van der Waals surface area contributed by atoms with E-state index in [2.05, 4.69) is 43.1 Å². The number of halogens is 2. The number of benzene rings is 2. The molecule has 1 aromatic heterocycles. The van der Waals surface area contributed by atoms with Gasteiger partial charge in [-0.2, -0.15) is 4.98 Å². The summed E-state index contributed by atoms with van der Waals surface area (Å²) in [5.74, 6) is -2.21. The van der Waals surface area contributed by atoms with Crippen LogP contribution in [0.1, 0.15) is 32.6 Å². The molecular formula is C37H49F2N7O8. The molecule has 294 valence electrons. The molecule has 0 aliphatic rings. The molecule has 0 fully saturated rings. The topological polar surface area (TPSA) is 183 Å². The first-order valence-electron chi connectivity index (χ1n) is 17.6. The van der Waals surface area contributed by atoms with Crippen molar-refractivity contribution in [3.63, 3.8) is 0 Å². The molecule has 2 aromatic carbocycles. The molecule has 3 amide bonds. The normalized spacial score (nSPS) is 10.7. The number of aromatic nitrogens is 2. The molecule has 0 bridgehead atoms. The van der Waals surface area contributed by atoms with Crippen molar-refractivity contribution in [2.75, 3.05) is 88.5 Å². The number of hydrogen-bond donors (Lipinski definition) is 5. The highest BCUT2D eigenvalue weighted by Crippen LogP contribution is 2.25. The molecule has 0 saturated heterocycles. The van der Waals surface area contributed by atoms with E-state index in [0.717, 1.165) is 12.3 Å². The summed E-state index contributed by atoms with van der Waals surface area (Å²) in [6.07, 6.45) is 3.67. The summed E-state index contributed by atoms with van der Waals surface area (Å²) in [5.41, 5.74) is 1.22. The number of rotatable bonds is 28. The van der Waals surface area contributed by atoms with Gasteiger partial charge in [0.2, 0.25) is 23.7 Å². The molecule has 54 heavy (non-hydrogen) atoms. The van der Waals surface area contributed by atoms with E-state index in [-0.39, 0.29) is 68.5 Å². The van der Waals surface area contributed by atoms with Gasteiger partial charge >= 0.3 is 0 Å². The van der Waals surface area contributed by atoms with Crippen molar-refractivity contribution in [2.24, 2.45) is 0 Å². The minimum Gasteiger partial charge on any atom is -0.488 e. The van der Waals surface area contributed by atoms with Crippen molar-refractivity contribution < 1.29 is 46.8 Å². The molecule has 0 atom stereocenters. The van der Waals surface area contributed by atoms with E-state index >= 15 is 0 Å². The number of nitrogens with one attached hydrogen (secondary N) is 5. The Bertz CT molecular complexity index is 1620. The first-order chi connectivity index (χ1) is 26.3. The van der Waals surface area contributed by atoms with Crippen molar-refractivity contribution in [3.8, 4) is 5.75 Å². The number of carbonyl (C=O) groups excluding carboxylic acids is 3. The Morgan fingerprint density at radius 2 is 1.41 bits per heavy atom. The SMILES string of the molecule is C=CC(=O)Nc1cccc(Nc2nc(Nc3ccc(OCCOCCNC(=O)CCCC(=O)NCCCOCCOCCOCC)c(F)c3)ncc2F)c1. The summed E-state index contributed by atoms with van der Waals surface area (Å²) in [6.45, 7) is 9.85. The standard InChI is InChI=1S/C37H49F2N7O8/c1-3-33(47)43-27-8-5-9-28(24-27)44-36-31(39)26-42-37(46-36)45-29-12-13-32(30(38)25-29)54-23-22-52-17-15-41-35(49)11-6-10-34(48)40-14-7-16-51-20-21-53-19-18-50-4-2/h3,5,8-9,12-13,24-26H,1,4,6-7,10-11,14-23H2,2H3,(H,40,48)(H,41,49)(H,43,47)(H2,42,44,45,46). The van der Waals surface area contributed by atoms with Crippen LogP contribution in [0, 0.1) is 11.6 Å². The lowest BCUT2D eigenvalue weighted by Crippen LogP contribution is -2.28. The van der Waals surface area contributed by atoms with Gasteiger partial charge in [-0.25, -0.2) is 13.8 Å². The van der Waals surface area contributed by atoms with Crippen molar-refractivity contribution >= 4 is 46.5 Å². The number of ether oxygens (including phenoxy) is 5. The van der Waals surface area contributed by atoms with E-state index in [1.807, 2.05) is 6.92 Å². The van der Waals surface area contributed by atoms with Gasteiger partial charge in [-0.1, -0.05) is 12.6 Å². The highest BCUT2D eigenvalue weighted by Gasteiger charge is 2.11. The maximum absolute atomic E-state index is 14.7. The lowest BCUT2D eigenvalue weighted by molar-refractivity contribution is -0.122. The van der Waals surface area contributed by atoms with E-state index < -0.39 is 17.5 Å². The van der Waals surface area contributed by atoms with E-state index in [1.165, 1.54) is 12.1 Å². The molecule has 0 spiro atoms. The molecule has 0 aliphatic heterocycles. The quantitative estimate of drug-likeness (QED) is 0.0513. The average molecular weight is 758 g/mol. The van der Waals surface area contributed by atoms with Gasteiger partial charge in [0, 0.05) is 62.3 Å². The van der Waals surface area contributed by atoms with Crippen molar-refractivity contribution in [2.45, 2.75) is 32.6 Å². The maximum atomic E-state index is 14.7. The fourth-order valence-corrected chi connectivity index (χ4v) is 4.49. The maximum Gasteiger partial charge on any atom is 0.247 e. The van der Waals surface area contributed by atoms with Crippen LogP contribution in [0.3, 0.4) is 0 Å². The van der Waals surface area contributed by atoms with Gasteiger partial charge in [-0.3, -0.25) is 14.4 Å². The Hall–Kier alpha value is -5.23. The number of nitrogens with zero attached hydrogens (tertiary/aromatic N) is 2. The molecule has 1 heterocycles. The van der Waals surface area contributed by atoms with Crippen molar-refractivity contribution in [1.29, 1.82) is 0 Å². The predicted octanol–water partition coefficient (Wildman–Crippen LogP) is 4.62. The van der Waals surface area contributed by atoms with Crippen LogP contribution in [0.5, 0.6) is 5.75 Å². The van der Waals surface area contributed by atoms with Gasteiger partial charge < -0.3 is 50.3 Å². The number of anilines is 5. The third kappa shape index (κ3) is 18.0. The van der Waals surface area contributed by atoms with Crippen molar-refractivity contribution in [1.82, 2.24) is 20.6 Å². The highest BCUT2D eigenvalue weighted by atomic mass is 19.1. The number of hydrogen-bond acceptors (Lipinski definition) is 12. The largest absolute Gasteiger partial charge is 0.488 e. The van der Waals surface area contributed by atoms with Crippen LogP contribution >= 0.6 is 0 Å². The molecule has 0 saturated carbocycles. The summed E-state index contributed by atoms with van der Waals surface area (Å²) >= 11 is 0. The van der Waals surface area contributed by atoms with Crippen LogP contribution in [0.2, 0.25) is 0 Å². The van der Waals surface area contributed by atoms with E-state index in [0.29, 0.717) is 76.1 Å². The van der Waals surface area contributed by atoms with Crippen molar-refractivity contribution in [3.05, 3.63) is 73.0 Å². The zero-order valence-electron chi connectivity index (χ0n) is 30.4. The van der Waals surface area contributed by atoms with Crippen LogP contribution in [0.4, 0.5) is 37.6 Å². The Kier molecular flexibility index (Phi) is 20.5. The monoisotopic (exact) mass is 757 g/mol. The third-order valence-corrected chi connectivity index (χ3v) is 7.11. The molecule has 0 radical (unpaired) electrons. The van der Waals surface area contributed by atoms with E-state index in [1.54, 1.807) is 30.3 Å². The second-order valence-electron chi connectivity index (χ2n) is 11.3. The second-order valence-corrected chi connectivity index (χ2v) is 11.3. The van der Waals surface area contributed by atoms with E-state index in [9.17, 15) is 23.2 Å². The predicted molar refractivity (Wildman–Crippen MR) is 199 cm³/mol. The summed E-state index contributed by atoms with van der Waals surface area (Å²) in [5, 5.41) is 13.8. The van der Waals surface area contributed by atoms with Crippen LogP contribution in [0.15, 0.2) is 61.3 Å².